The average molecular weight is 427 g/mol. The molecule has 0 radical (unpaired) electrons. The van der Waals surface area contributed by atoms with Crippen molar-refractivity contribution >= 4 is 17.5 Å². The van der Waals surface area contributed by atoms with E-state index in [2.05, 4.69) is 15.5 Å². The molecular weight excluding hydrogens is 400 g/mol. The second-order valence-corrected chi connectivity index (χ2v) is 8.45. The number of benzene rings is 2. The van der Waals surface area contributed by atoms with Gasteiger partial charge in [0.25, 0.3) is 0 Å². The first kappa shape index (κ1) is 21.4. The Bertz CT molecular complexity index is 958. The molecule has 4 rings (SSSR count). The minimum absolute atomic E-state index is 0.0166. The van der Waals surface area contributed by atoms with Crippen LogP contribution in [0.25, 0.3) is 0 Å². The molecule has 31 heavy (non-hydrogen) atoms. The van der Waals surface area contributed by atoms with Gasteiger partial charge in [0.05, 0.1) is 0 Å². The van der Waals surface area contributed by atoms with Crippen LogP contribution in [0.5, 0.6) is 0 Å². The third-order valence-corrected chi connectivity index (χ3v) is 6.18. The topological polar surface area (TPSA) is 61.4 Å². The quantitative estimate of drug-likeness (QED) is 0.740. The number of anilines is 1. The van der Waals surface area contributed by atoms with Crippen LogP contribution in [-0.2, 0) is 22.6 Å². The van der Waals surface area contributed by atoms with E-state index in [0.717, 1.165) is 48.8 Å². The number of para-hydroxylation sites is 1. The molecule has 2 N–H and O–H groups in total. The van der Waals surface area contributed by atoms with Gasteiger partial charge in [-0.25, -0.2) is 8.78 Å². The van der Waals surface area contributed by atoms with Gasteiger partial charge < -0.3 is 10.6 Å². The van der Waals surface area contributed by atoms with Crippen LogP contribution in [0.15, 0.2) is 42.5 Å². The van der Waals surface area contributed by atoms with E-state index in [9.17, 15) is 18.4 Å². The van der Waals surface area contributed by atoms with Crippen molar-refractivity contribution in [1.29, 1.82) is 0 Å². The van der Waals surface area contributed by atoms with Gasteiger partial charge in [-0.15, -0.1) is 0 Å². The molecule has 2 aromatic carbocycles. The van der Waals surface area contributed by atoms with Gasteiger partial charge in [-0.1, -0.05) is 24.3 Å². The highest BCUT2D eigenvalue weighted by molar-refractivity contribution is 5.96. The summed E-state index contributed by atoms with van der Waals surface area (Å²) in [6.07, 6.45) is 3.15. The van der Waals surface area contributed by atoms with Gasteiger partial charge in [0.1, 0.15) is 0 Å². The predicted molar refractivity (Wildman–Crippen MR) is 114 cm³/mol. The first-order valence-corrected chi connectivity index (χ1v) is 10.8. The van der Waals surface area contributed by atoms with Gasteiger partial charge in [0.2, 0.25) is 11.8 Å². The van der Waals surface area contributed by atoms with Crippen molar-refractivity contribution in [3.63, 3.8) is 0 Å². The number of nitrogens with one attached hydrogen (secondary N) is 2. The first-order valence-electron chi connectivity index (χ1n) is 10.8. The smallest absolute Gasteiger partial charge is 0.227 e. The summed E-state index contributed by atoms with van der Waals surface area (Å²) in [5, 5.41) is 6.01. The van der Waals surface area contributed by atoms with Crippen LogP contribution >= 0.6 is 0 Å². The molecule has 0 spiro atoms. The summed E-state index contributed by atoms with van der Waals surface area (Å²) in [6.45, 7) is 2.13. The van der Waals surface area contributed by atoms with E-state index in [1.54, 1.807) is 6.07 Å². The maximum Gasteiger partial charge on any atom is 0.227 e. The fourth-order valence-corrected chi connectivity index (χ4v) is 4.38. The summed E-state index contributed by atoms with van der Waals surface area (Å²) in [5.41, 5.74) is 2.72. The fraction of sp³-hybridized carbons (Fsp3) is 0.417. The number of likely N-dealkylation sites (tertiary alicyclic amines) is 1. The van der Waals surface area contributed by atoms with Crippen molar-refractivity contribution in [3.05, 3.63) is 65.2 Å². The summed E-state index contributed by atoms with van der Waals surface area (Å²) < 4.78 is 26.4. The highest BCUT2D eigenvalue weighted by Gasteiger charge is 2.27. The Morgan fingerprint density at radius 1 is 1.10 bits per heavy atom. The Labute approximate surface area is 180 Å². The lowest BCUT2D eigenvalue weighted by atomic mass is 9.89. The largest absolute Gasteiger partial charge is 0.353 e. The van der Waals surface area contributed by atoms with E-state index in [0.29, 0.717) is 25.8 Å². The average Bonchev–Trinajstić information content (AvgIpc) is 2.76. The Morgan fingerprint density at radius 2 is 1.87 bits per heavy atom. The van der Waals surface area contributed by atoms with E-state index in [1.807, 2.05) is 24.3 Å². The second kappa shape index (κ2) is 9.56. The molecule has 2 amide bonds. The molecule has 2 aliphatic heterocycles. The zero-order valence-corrected chi connectivity index (χ0v) is 17.4. The Morgan fingerprint density at radius 3 is 2.65 bits per heavy atom. The molecule has 5 nitrogen and oxygen atoms in total. The molecule has 164 valence electrons. The van der Waals surface area contributed by atoms with Gasteiger partial charge in [-0.3, -0.25) is 14.5 Å². The van der Waals surface area contributed by atoms with Crippen molar-refractivity contribution in [2.24, 2.45) is 5.92 Å². The third kappa shape index (κ3) is 5.47. The van der Waals surface area contributed by atoms with E-state index in [-0.39, 0.29) is 23.8 Å². The van der Waals surface area contributed by atoms with Crippen molar-refractivity contribution < 1.29 is 18.4 Å². The zero-order valence-electron chi connectivity index (χ0n) is 17.4. The molecule has 2 heterocycles. The Kier molecular flexibility index (Phi) is 6.61. The number of halogens is 2. The minimum atomic E-state index is -0.833. The predicted octanol–water partition coefficient (Wildman–Crippen LogP) is 3.64. The van der Waals surface area contributed by atoms with Gasteiger partial charge in [0, 0.05) is 43.7 Å². The van der Waals surface area contributed by atoms with Crippen molar-refractivity contribution in [1.82, 2.24) is 10.2 Å². The normalized spacial score (nSPS) is 19.5. The minimum Gasteiger partial charge on any atom is -0.353 e. The highest BCUT2D eigenvalue weighted by Crippen LogP contribution is 2.27. The third-order valence-electron chi connectivity index (χ3n) is 6.18. The van der Waals surface area contributed by atoms with Gasteiger partial charge in [0.15, 0.2) is 11.6 Å². The van der Waals surface area contributed by atoms with E-state index >= 15 is 0 Å². The molecule has 0 aromatic heterocycles. The summed E-state index contributed by atoms with van der Waals surface area (Å²) in [5.74, 6) is -1.88. The maximum atomic E-state index is 13.4. The van der Waals surface area contributed by atoms with E-state index in [4.69, 9.17) is 0 Å². The monoisotopic (exact) mass is 427 g/mol. The number of fused-ring (bicyclic) bond motifs is 1. The summed E-state index contributed by atoms with van der Waals surface area (Å²) in [4.78, 5) is 26.9. The fourth-order valence-electron chi connectivity index (χ4n) is 4.38. The van der Waals surface area contributed by atoms with Crippen molar-refractivity contribution in [2.75, 3.05) is 18.4 Å². The van der Waals surface area contributed by atoms with Gasteiger partial charge in [-0.2, -0.15) is 0 Å². The van der Waals surface area contributed by atoms with Crippen LogP contribution in [0.2, 0.25) is 0 Å². The molecule has 7 heteroatoms. The van der Waals surface area contributed by atoms with E-state index < -0.39 is 11.6 Å². The van der Waals surface area contributed by atoms with E-state index in [1.165, 1.54) is 6.07 Å². The lowest BCUT2D eigenvalue weighted by Crippen LogP contribution is -2.44. The van der Waals surface area contributed by atoms with Crippen LogP contribution in [-0.4, -0.2) is 35.8 Å². The maximum absolute atomic E-state index is 13.4. The van der Waals surface area contributed by atoms with Crippen molar-refractivity contribution in [2.45, 2.75) is 44.7 Å². The van der Waals surface area contributed by atoms with Crippen LogP contribution < -0.4 is 10.6 Å². The Balaban J connectivity index is 1.19. The number of piperidine rings is 1. The number of amides is 2. The standard InChI is InChI=1S/C24H27F2N3O2/c25-20-7-5-16(13-21(20)26)15-29-11-9-19(10-12-29)27-23(30)8-6-18-14-17-3-1-2-4-22(17)28-24(18)31/h1-5,7,13,18-19H,6,8-12,14-15H2,(H,27,30)(H,28,31). The molecule has 2 aliphatic rings. The number of carbonyl (C=O) groups excluding carboxylic acids is 2. The highest BCUT2D eigenvalue weighted by atomic mass is 19.2. The lowest BCUT2D eigenvalue weighted by molar-refractivity contribution is -0.123. The second-order valence-electron chi connectivity index (χ2n) is 8.45. The zero-order chi connectivity index (χ0) is 21.8. The Hall–Kier alpha value is -2.80. The first-order chi connectivity index (χ1) is 15.0. The number of rotatable bonds is 6. The number of hydrogen-bond donors (Lipinski definition) is 2. The van der Waals surface area contributed by atoms with Crippen molar-refractivity contribution in [3.8, 4) is 0 Å². The molecular formula is C24H27F2N3O2. The molecule has 1 fully saturated rings. The van der Waals surface area contributed by atoms with Crippen LogP contribution in [0.3, 0.4) is 0 Å². The molecule has 1 saturated heterocycles. The summed E-state index contributed by atoms with van der Waals surface area (Å²) in [7, 11) is 0. The molecule has 0 bridgehead atoms. The molecule has 1 unspecified atom stereocenters. The molecule has 0 aliphatic carbocycles. The van der Waals surface area contributed by atoms with Gasteiger partial charge >= 0.3 is 0 Å². The molecule has 2 aromatic rings. The molecule has 1 atom stereocenters. The molecule has 0 saturated carbocycles. The summed E-state index contributed by atoms with van der Waals surface area (Å²) >= 11 is 0. The van der Waals surface area contributed by atoms with Gasteiger partial charge in [-0.05, 0) is 55.0 Å². The van der Waals surface area contributed by atoms with Crippen LogP contribution in [0.1, 0.15) is 36.8 Å². The SMILES string of the molecule is O=C(CCC1Cc2ccccc2NC1=O)NC1CCN(Cc2ccc(F)c(F)c2)CC1. The number of hydrogen-bond acceptors (Lipinski definition) is 3. The lowest BCUT2D eigenvalue weighted by Gasteiger charge is -2.32. The summed E-state index contributed by atoms with van der Waals surface area (Å²) in [6, 6.07) is 11.9. The number of carbonyl (C=O) groups is 2. The van der Waals surface area contributed by atoms with Crippen LogP contribution in [0.4, 0.5) is 14.5 Å². The number of nitrogens with zero attached hydrogens (tertiary/aromatic N) is 1. The van der Waals surface area contributed by atoms with Crippen LogP contribution in [0, 0.1) is 17.6 Å².